The van der Waals surface area contributed by atoms with E-state index in [9.17, 15) is 18.0 Å². The lowest BCUT2D eigenvalue weighted by Gasteiger charge is -2.34. The Hall–Kier alpha value is -3.02. The molecule has 1 aromatic carbocycles. The van der Waals surface area contributed by atoms with E-state index in [2.05, 4.69) is 21.9 Å². The van der Waals surface area contributed by atoms with Crippen LogP contribution in [0.15, 0.2) is 27.9 Å². The van der Waals surface area contributed by atoms with Gasteiger partial charge in [0.15, 0.2) is 12.1 Å². The molecule has 1 saturated heterocycles. The zero-order valence-corrected chi connectivity index (χ0v) is 23.4. The first-order valence-corrected chi connectivity index (χ1v) is 14.8. The summed E-state index contributed by atoms with van der Waals surface area (Å²) in [7, 11) is -3.77. The van der Waals surface area contributed by atoms with Crippen LogP contribution in [0, 0.1) is 6.92 Å². The zero-order valence-electron chi connectivity index (χ0n) is 22.6. The van der Waals surface area contributed by atoms with E-state index < -0.39 is 15.6 Å². The monoisotopic (exact) mass is 543 g/mol. The van der Waals surface area contributed by atoms with E-state index in [0.29, 0.717) is 72.9 Å². The van der Waals surface area contributed by atoms with Crippen LogP contribution in [-0.4, -0.2) is 77.8 Å². The number of hydrogen-bond donors (Lipinski definition) is 1. The second kappa shape index (κ2) is 11.8. The normalized spacial score (nSPS) is 15.3. The second-order valence-electron chi connectivity index (χ2n) is 9.61. The van der Waals surface area contributed by atoms with Crippen LogP contribution in [-0.2, 0) is 16.4 Å². The summed E-state index contributed by atoms with van der Waals surface area (Å²) in [5.41, 5.74) is 1.96. The Morgan fingerprint density at radius 3 is 2.47 bits per heavy atom. The maximum Gasteiger partial charge on any atom is 0.275 e. The number of nitrogens with zero attached hydrogens (tertiary/aromatic N) is 4. The fourth-order valence-corrected chi connectivity index (χ4v) is 6.48. The Morgan fingerprint density at radius 1 is 1.11 bits per heavy atom. The highest BCUT2D eigenvalue weighted by Gasteiger charge is 2.30. The smallest absolute Gasteiger partial charge is 0.275 e. The molecule has 1 fully saturated rings. The van der Waals surface area contributed by atoms with Crippen LogP contribution in [0.1, 0.15) is 61.6 Å². The SMILES string of the molecule is CCCCN1CCN(S(=O)(=O)c2ccc(OCC)c(-c3nn4c(CCC)c(C=O)c(C)c4c(=O)[nH]3)c2)CC1. The van der Waals surface area contributed by atoms with Crippen molar-refractivity contribution < 1.29 is 17.9 Å². The van der Waals surface area contributed by atoms with E-state index in [1.165, 1.54) is 21.0 Å². The van der Waals surface area contributed by atoms with Crippen molar-refractivity contribution in [3.05, 3.63) is 45.4 Å². The maximum atomic E-state index is 13.6. The van der Waals surface area contributed by atoms with Gasteiger partial charge in [0.05, 0.1) is 22.8 Å². The molecule has 0 bridgehead atoms. The lowest BCUT2D eigenvalue weighted by Crippen LogP contribution is -2.48. The Bertz CT molecular complexity index is 1470. The zero-order chi connectivity index (χ0) is 27.4. The van der Waals surface area contributed by atoms with Gasteiger partial charge in [-0.1, -0.05) is 26.7 Å². The largest absolute Gasteiger partial charge is 0.493 e. The van der Waals surface area contributed by atoms with Gasteiger partial charge in [0, 0.05) is 31.7 Å². The standard InChI is InChI=1S/C27H37N5O5S/c1-5-8-12-30-13-15-31(16-14-30)38(35,36)20-10-11-24(37-7-3)21(17-20)26-28-27(34)25-19(4)22(18-33)23(9-6-2)32(25)29-26/h10-11,17-18H,5-9,12-16H2,1-4H3,(H,28,29,34). The van der Waals surface area contributed by atoms with Crippen LogP contribution in [0.5, 0.6) is 5.75 Å². The van der Waals surface area contributed by atoms with E-state index in [1.807, 2.05) is 13.8 Å². The third-order valence-corrected chi connectivity index (χ3v) is 8.99. The number of sulfonamides is 1. The Labute approximate surface area is 223 Å². The average Bonchev–Trinajstić information content (AvgIpc) is 3.18. The van der Waals surface area contributed by atoms with E-state index in [4.69, 9.17) is 4.74 Å². The summed E-state index contributed by atoms with van der Waals surface area (Å²) in [4.78, 5) is 30.2. The number of ether oxygens (including phenoxy) is 1. The first-order valence-electron chi connectivity index (χ1n) is 13.4. The van der Waals surface area contributed by atoms with Crippen molar-refractivity contribution in [2.75, 3.05) is 39.3 Å². The van der Waals surface area contributed by atoms with Crippen molar-refractivity contribution in [2.45, 2.75) is 58.3 Å². The number of aromatic amines is 1. The van der Waals surface area contributed by atoms with Gasteiger partial charge in [-0.2, -0.15) is 4.31 Å². The van der Waals surface area contributed by atoms with Gasteiger partial charge in [0.25, 0.3) is 5.56 Å². The van der Waals surface area contributed by atoms with E-state index in [0.717, 1.165) is 32.1 Å². The summed E-state index contributed by atoms with van der Waals surface area (Å²) in [5, 5.41) is 4.68. The summed E-state index contributed by atoms with van der Waals surface area (Å²) >= 11 is 0. The van der Waals surface area contributed by atoms with Crippen LogP contribution in [0.4, 0.5) is 0 Å². The van der Waals surface area contributed by atoms with Crippen molar-refractivity contribution in [3.63, 3.8) is 0 Å². The third-order valence-electron chi connectivity index (χ3n) is 7.09. The minimum absolute atomic E-state index is 0.117. The highest BCUT2D eigenvalue weighted by Crippen LogP contribution is 2.32. The Kier molecular flexibility index (Phi) is 8.69. The number of fused-ring (bicyclic) bond motifs is 1. The van der Waals surface area contributed by atoms with Gasteiger partial charge < -0.3 is 14.6 Å². The van der Waals surface area contributed by atoms with E-state index >= 15 is 0 Å². The summed E-state index contributed by atoms with van der Waals surface area (Å²) in [6, 6.07) is 4.67. The molecule has 0 spiro atoms. The Morgan fingerprint density at radius 2 is 1.84 bits per heavy atom. The van der Waals surface area contributed by atoms with Gasteiger partial charge in [-0.15, -0.1) is 5.10 Å². The molecule has 0 unspecified atom stereocenters. The van der Waals surface area contributed by atoms with Crippen molar-refractivity contribution in [1.29, 1.82) is 0 Å². The predicted molar refractivity (Wildman–Crippen MR) is 147 cm³/mol. The number of carbonyl (C=O) groups excluding carboxylic acids is 1. The first kappa shape index (κ1) is 28.0. The number of H-pyrrole nitrogens is 1. The molecule has 1 aliphatic heterocycles. The average molecular weight is 544 g/mol. The molecule has 0 amide bonds. The van der Waals surface area contributed by atoms with Gasteiger partial charge in [-0.25, -0.2) is 12.9 Å². The number of aromatic nitrogens is 3. The van der Waals surface area contributed by atoms with Gasteiger partial charge in [0.2, 0.25) is 10.0 Å². The summed E-state index contributed by atoms with van der Waals surface area (Å²) in [6.45, 7) is 11.3. The lowest BCUT2D eigenvalue weighted by molar-refractivity contribution is 0.112. The number of carbonyl (C=O) groups is 1. The van der Waals surface area contributed by atoms with Gasteiger partial charge >= 0.3 is 0 Å². The van der Waals surface area contributed by atoms with Crippen molar-refractivity contribution >= 4 is 21.8 Å². The molecule has 1 aliphatic rings. The fourth-order valence-electron chi connectivity index (χ4n) is 5.04. The second-order valence-corrected chi connectivity index (χ2v) is 11.5. The minimum Gasteiger partial charge on any atom is -0.493 e. The molecular weight excluding hydrogens is 506 g/mol. The lowest BCUT2D eigenvalue weighted by atomic mass is 10.1. The van der Waals surface area contributed by atoms with E-state index in [-0.39, 0.29) is 10.7 Å². The summed E-state index contributed by atoms with van der Waals surface area (Å²) < 4.78 is 36.0. The van der Waals surface area contributed by atoms with Crippen LogP contribution in [0.3, 0.4) is 0 Å². The van der Waals surface area contributed by atoms with Gasteiger partial charge in [-0.3, -0.25) is 9.59 Å². The maximum absolute atomic E-state index is 13.6. The molecule has 206 valence electrons. The highest BCUT2D eigenvalue weighted by molar-refractivity contribution is 7.89. The van der Waals surface area contributed by atoms with Crippen molar-refractivity contribution in [1.82, 2.24) is 23.8 Å². The number of piperazine rings is 1. The molecular formula is C27H37N5O5S. The number of benzene rings is 1. The summed E-state index contributed by atoms with van der Waals surface area (Å²) in [6.07, 6.45) is 4.29. The van der Waals surface area contributed by atoms with Crippen LogP contribution in [0.2, 0.25) is 0 Å². The number of aldehydes is 1. The molecule has 0 aliphatic carbocycles. The quantitative estimate of drug-likeness (QED) is 0.369. The summed E-state index contributed by atoms with van der Waals surface area (Å²) in [5.74, 6) is 0.590. The number of hydrogen-bond acceptors (Lipinski definition) is 7. The van der Waals surface area contributed by atoms with Crippen LogP contribution >= 0.6 is 0 Å². The molecule has 3 aromatic rings. The van der Waals surface area contributed by atoms with Crippen LogP contribution < -0.4 is 10.3 Å². The molecule has 2 aromatic heterocycles. The highest BCUT2D eigenvalue weighted by atomic mass is 32.2. The molecule has 4 rings (SSSR count). The fraction of sp³-hybridized carbons (Fsp3) is 0.519. The number of aryl methyl sites for hydroxylation is 2. The Balaban J connectivity index is 1.78. The number of rotatable bonds is 11. The van der Waals surface area contributed by atoms with Gasteiger partial charge in [-0.05, 0) is 57.0 Å². The molecule has 38 heavy (non-hydrogen) atoms. The molecule has 0 atom stereocenters. The molecule has 0 radical (unpaired) electrons. The molecule has 11 heteroatoms. The van der Waals surface area contributed by atoms with Crippen molar-refractivity contribution in [3.8, 4) is 17.1 Å². The topological polar surface area (TPSA) is 117 Å². The van der Waals surface area contributed by atoms with E-state index in [1.54, 1.807) is 13.0 Å². The number of unbranched alkanes of at least 4 members (excludes halogenated alkanes) is 1. The molecule has 10 nitrogen and oxygen atoms in total. The van der Waals surface area contributed by atoms with Crippen molar-refractivity contribution in [2.24, 2.45) is 0 Å². The third kappa shape index (κ3) is 5.27. The molecule has 1 N–H and O–H groups in total. The minimum atomic E-state index is -3.77. The molecule has 0 saturated carbocycles. The van der Waals surface area contributed by atoms with Gasteiger partial charge in [0.1, 0.15) is 11.3 Å². The molecule has 3 heterocycles. The number of nitrogens with one attached hydrogen (secondary N) is 1. The van der Waals surface area contributed by atoms with Crippen LogP contribution in [0.25, 0.3) is 16.9 Å². The first-order chi connectivity index (χ1) is 18.3. The predicted octanol–water partition coefficient (Wildman–Crippen LogP) is 3.27.